The number of aryl methyl sites for hydroxylation is 1. The Labute approximate surface area is 250 Å². The Morgan fingerprint density at radius 2 is 1.47 bits per heavy atom. The molecule has 1 saturated heterocycles. The topological polar surface area (TPSA) is 94.5 Å². The molecule has 1 N–H and O–H groups in total. The molecule has 1 fully saturated rings. The summed E-state index contributed by atoms with van der Waals surface area (Å²) in [4.78, 5) is 28.6. The van der Waals surface area contributed by atoms with E-state index < -0.39 is 17.7 Å². The van der Waals surface area contributed by atoms with Gasteiger partial charge in [-0.2, -0.15) is 0 Å². The molecule has 8 heteroatoms. The van der Waals surface area contributed by atoms with Gasteiger partial charge in [-0.05, 0) is 71.6 Å². The Morgan fingerprint density at radius 3 is 2.12 bits per heavy atom. The number of amides is 1. The van der Waals surface area contributed by atoms with Crippen molar-refractivity contribution in [1.82, 2.24) is 4.90 Å². The molecule has 0 radical (unpaired) electrons. The van der Waals surface area contributed by atoms with Crippen LogP contribution in [0.5, 0.6) is 23.0 Å². The minimum Gasteiger partial charge on any atom is -0.507 e. The highest BCUT2D eigenvalue weighted by Gasteiger charge is 2.46. The molecule has 8 nitrogen and oxygen atoms in total. The fourth-order valence-corrected chi connectivity index (χ4v) is 5.19. The normalized spacial score (nSPS) is 15.8. The number of aliphatic hydroxyl groups is 1. The van der Waals surface area contributed by atoms with Crippen molar-refractivity contribution < 1.29 is 33.6 Å². The Balaban J connectivity index is 1.55. The molecule has 43 heavy (non-hydrogen) atoms. The van der Waals surface area contributed by atoms with Gasteiger partial charge in [0, 0.05) is 12.1 Å². The van der Waals surface area contributed by atoms with E-state index in [4.69, 9.17) is 18.9 Å². The van der Waals surface area contributed by atoms with Gasteiger partial charge < -0.3 is 29.0 Å². The van der Waals surface area contributed by atoms with Crippen molar-refractivity contribution in [2.75, 3.05) is 21.3 Å². The lowest BCUT2D eigenvalue weighted by molar-refractivity contribution is -0.140. The molecule has 0 spiro atoms. The summed E-state index contributed by atoms with van der Waals surface area (Å²) in [5.74, 6) is 0.508. The fourth-order valence-electron chi connectivity index (χ4n) is 5.19. The van der Waals surface area contributed by atoms with Crippen LogP contribution in [0.4, 0.5) is 0 Å². The molecule has 4 aromatic rings. The van der Waals surface area contributed by atoms with Gasteiger partial charge in [0.15, 0.2) is 11.5 Å². The van der Waals surface area contributed by atoms with E-state index >= 15 is 0 Å². The van der Waals surface area contributed by atoms with E-state index in [0.29, 0.717) is 40.7 Å². The van der Waals surface area contributed by atoms with Gasteiger partial charge in [0.1, 0.15) is 23.9 Å². The summed E-state index contributed by atoms with van der Waals surface area (Å²) in [6.07, 6.45) is 0. The number of likely N-dealkylation sites (tertiary alicyclic amines) is 1. The van der Waals surface area contributed by atoms with E-state index in [9.17, 15) is 14.7 Å². The quantitative estimate of drug-likeness (QED) is 0.135. The zero-order valence-corrected chi connectivity index (χ0v) is 24.5. The average molecular weight is 580 g/mol. The standard InChI is InChI=1S/C35H33NO7/c1-22-18-26(13-16-28(22)43-21-24-8-6-5-7-9-24)33(37)31-32(25-12-17-29(41-3)30(19-25)42-4)36(35(39)34(31)38)20-23-10-14-27(40-2)15-11-23/h5-19,32,37H,20-21H2,1-4H3/b33-31-. The van der Waals surface area contributed by atoms with E-state index in [0.717, 1.165) is 16.7 Å². The zero-order chi connectivity index (χ0) is 30.5. The number of carbonyl (C=O) groups excluding carboxylic acids is 2. The molecule has 1 unspecified atom stereocenters. The van der Waals surface area contributed by atoms with Gasteiger partial charge in [-0.15, -0.1) is 0 Å². The van der Waals surface area contributed by atoms with Crippen molar-refractivity contribution in [2.24, 2.45) is 0 Å². The Hall–Kier alpha value is -5.24. The Kier molecular flexibility index (Phi) is 8.66. The molecule has 1 aliphatic rings. The molecule has 5 rings (SSSR count). The zero-order valence-electron chi connectivity index (χ0n) is 24.5. The minimum absolute atomic E-state index is 0.0110. The summed E-state index contributed by atoms with van der Waals surface area (Å²) >= 11 is 0. The van der Waals surface area contributed by atoms with Crippen LogP contribution in [0, 0.1) is 6.92 Å². The van der Waals surface area contributed by atoms with E-state index in [-0.39, 0.29) is 17.9 Å². The van der Waals surface area contributed by atoms with Crippen molar-refractivity contribution in [3.8, 4) is 23.0 Å². The number of hydrogen-bond acceptors (Lipinski definition) is 7. The summed E-state index contributed by atoms with van der Waals surface area (Å²) in [6.45, 7) is 2.39. The van der Waals surface area contributed by atoms with Crippen LogP contribution in [-0.4, -0.2) is 43.0 Å². The van der Waals surface area contributed by atoms with Gasteiger partial charge in [-0.25, -0.2) is 0 Å². The first-order valence-electron chi connectivity index (χ1n) is 13.8. The number of benzene rings is 4. The third-order valence-electron chi connectivity index (χ3n) is 7.46. The second kappa shape index (κ2) is 12.7. The van der Waals surface area contributed by atoms with Crippen molar-refractivity contribution in [3.63, 3.8) is 0 Å². The van der Waals surface area contributed by atoms with Crippen LogP contribution >= 0.6 is 0 Å². The molecule has 220 valence electrons. The maximum atomic E-state index is 13.6. The predicted molar refractivity (Wildman–Crippen MR) is 162 cm³/mol. The Morgan fingerprint density at radius 1 is 0.767 bits per heavy atom. The van der Waals surface area contributed by atoms with Crippen molar-refractivity contribution in [2.45, 2.75) is 26.1 Å². The molecular formula is C35H33NO7. The molecule has 4 aromatic carbocycles. The highest BCUT2D eigenvalue weighted by molar-refractivity contribution is 6.46. The van der Waals surface area contributed by atoms with E-state index in [1.54, 1.807) is 55.6 Å². The first kappa shape index (κ1) is 29.3. The number of hydrogen-bond donors (Lipinski definition) is 1. The number of nitrogens with zero attached hydrogens (tertiary/aromatic N) is 1. The van der Waals surface area contributed by atoms with Gasteiger partial charge in [-0.1, -0.05) is 48.5 Å². The van der Waals surface area contributed by atoms with Crippen LogP contribution in [-0.2, 0) is 22.7 Å². The highest BCUT2D eigenvalue weighted by Crippen LogP contribution is 2.43. The first-order chi connectivity index (χ1) is 20.8. The van der Waals surface area contributed by atoms with E-state index in [1.165, 1.54) is 19.1 Å². The van der Waals surface area contributed by atoms with Crippen LogP contribution in [0.3, 0.4) is 0 Å². The molecule has 0 aliphatic carbocycles. The van der Waals surface area contributed by atoms with Gasteiger partial charge in [-0.3, -0.25) is 9.59 Å². The van der Waals surface area contributed by atoms with Crippen LogP contribution in [0.25, 0.3) is 5.76 Å². The smallest absolute Gasteiger partial charge is 0.295 e. The lowest BCUT2D eigenvalue weighted by Gasteiger charge is -2.26. The second-order valence-corrected chi connectivity index (χ2v) is 10.1. The summed E-state index contributed by atoms with van der Waals surface area (Å²) in [5.41, 5.74) is 3.58. The summed E-state index contributed by atoms with van der Waals surface area (Å²) in [7, 11) is 4.62. The first-order valence-corrected chi connectivity index (χ1v) is 13.8. The van der Waals surface area contributed by atoms with Gasteiger partial charge in [0.2, 0.25) is 0 Å². The predicted octanol–water partition coefficient (Wildman–Crippen LogP) is 6.22. The molecular weight excluding hydrogens is 546 g/mol. The molecule has 0 bridgehead atoms. The largest absolute Gasteiger partial charge is 0.507 e. The third kappa shape index (κ3) is 6.04. The number of aliphatic hydroxyl groups excluding tert-OH is 1. The second-order valence-electron chi connectivity index (χ2n) is 10.1. The van der Waals surface area contributed by atoms with Gasteiger partial charge >= 0.3 is 0 Å². The molecule has 1 amide bonds. The average Bonchev–Trinajstić information content (AvgIpc) is 3.29. The summed E-state index contributed by atoms with van der Waals surface area (Å²) in [6, 6.07) is 26.6. The summed E-state index contributed by atoms with van der Waals surface area (Å²) in [5, 5.41) is 11.6. The van der Waals surface area contributed by atoms with Crippen LogP contribution in [0.2, 0.25) is 0 Å². The van der Waals surface area contributed by atoms with Crippen molar-refractivity contribution >= 4 is 17.4 Å². The van der Waals surface area contributed by atoms with Gasteiger partial charge in [0.05, 0.1) is 32.9 Å². The van der Waals surface area contributed by atoms with E-state index in [1.807, 2.05) is 49.4 Å². The maximum absolute atomic E-state index is 13.6. The monoisotopic (exact) mass is 579 g/mol. The number of methoxy groups -OCH3 is 3. The molecule has 1 atom stereocenters. The summed E-state index contributed by atoms with van der Waals surface area (Å²) < 4.78 is 22.2. The maximum Gasteiger partial charge on any atom is 0.295 e. The number of ketones is 1. The number of carbonyl (C=O) groups is 2. The van der Waals surface area contributed by atoms with Gasteiger partial charge in [0.25, 0.3) is 11.7 Å². The number of rotatable bonds is 10. The Bertz CT molecular complexity index is 1660. The lowest BCUT2D eigenvalue weighted by Crippen LogP contribution is -2.29. The SMILES string of the molecule is COc1ccc(CN2C(=O)C(=O)/C(=C(\O)c3ccc(OCc4ccccc4)c(C)c3)C2c2ccc(OC)c(OC)c2)cc1. The molecule has 0 aromatic heterocycles. The van der Waals surface area contributed by atoms with Crippen molar-refractivity contribution in [3.05, 3.63) is 124 Å². The molecule has 0 saturated carbocycles. The molecule has 1 heterocycles. The van der Waals surface area contributed by atoms with Crippen LogP contribution in [0.15, 0.2) is 96.6 Å². The number of ether oxygens (including phenoxy) is 4. The van der Waals surface area contributed by atoms with Crippen LogP contribution in [0.1, 0.15) is 33.9 Å². The minimum atomic E-state index is -0.878. The van der Waals surface area contributed by atoms with Crippen molar-refractivity contribution in [1.29, 1.82) is 0 Å². The highest BCUT2D eigenvalue weighted by atomic mass is 16.5. The fraction of sp³-hybridized carbons (Fsp3) is 0.200. The third-order valence-corrected chi connectivity index (χ3v) is 7.46. The number of Topliss-reactive ketones (excluding diaryl/α,β-unsaturated/α-hetero) is 1. The van der Waals surface area contributed by atoms with E-state index in [2.05, 4.69) is 0 Å². The lowest BCUT2D eigenvalue weighted by atomic mass is 9.94. The molecule has 1 aliphatic heterocycles. The van der Waals surface area contributed by atoms with Crippen LogP contribution < -0.4 is 18.9 Å².